The monoisotopic (exact) mass is 360 g/mol. The van der Waals surface area contributed by atoms with Crippen LogP contribution in [0, 0.1) is 0 Å². The molecule has 1 amide bonds. The Balaban J connectivity index is 1.58. The van der Waals surface area contributed by atoms with Gasteiger partial charge in [0.15, 0.2) is 5.82 Å². The molecule has 0 saturated heterocycles. The first-order valence-corrected chi connectivity index (χ1v) is 8.06. The van der Waals surface area contributed by atoms with Crippen LogP contribution >= 0.6 is 0 Å². The molecule has 4 aromatic rings. The quantitative estimate of drug-likeness (QED) is 0.564. The molecule has 0 unspecified atom stereocenters. The molecule has 27 heavy (non-hydrogen) atoms. The molecule has 0 radical (unpaired) electrons. The Morgan fingerprint density at radius 3 is 2.81 bits per heavy atom. The number of rotatable bonds is 4. The summed E-state index contributed by atoms with van der Waals surface area (Å²) in [5.41, 5.74) is 2.44. The summed E-state index contributed by atoms with van der Waals surface area (Å²) in [5, 5.41) is 11.5. The molecule has 0 spiro atoms. The van der Waals surface area contributed by atoms with Crippen molar-refractivity contribution in [3.05, 3.63) is 78.6 Å². The second-order valence-corrected chi connectivity index (χ2v) is 5.75. The molecule has 4 rings (SSSR count). The molecule has 2 aromatic carbocycles. The number of hydrogen-bond acceptors (Lipinski definition) is 4. The van der Waals surface area contributed by atoms with E-state index >= 15 is 0 Å². The van der Waals surface area contributed by atoms with Crippen LogP contribution in [0.15, 0.2) is 73.1 Å². The minimum absolute atomic E-state index is 0.0726. The highest BCUT2D eigenvalue weighted by molar-refractivity contribution is 6.02. The van der Waals surface area contributed by atoms with Crippen molar-refractivity contribution in [2.75, 3.05) is 5.32 Å². The maximum atomic E-state index is 12.3. The lowest BCUT2D eigenvalue weighted by molar-refractivity contribution is -0.111. The SMILES string of the molecule is [2H]c1c([2H])c([2H])c(/C=C/C(=O)Nc2cc3cc(-c4cncn4C)ccc3nn2)c([2H])c1[2H]. The van der Waals surface area contributed by atoms with Gasteiger partial charge >= 0.3 is 0 Å². The number of aromatic nitrogens is 4. The summed E-state index contributed by atoms with van der Waals surface area (Å²) in [5.74, 6) is -0.358. The van der Waals surface area contributed by atoms with E-state index in [1.54, 1.807) is 18.6 Å². The van der Waals surface area contributed by atoms with Gasteiger partial charge in [-0.3, -0.25) is 4.79 Å². The standard InChI is InChI=1S/C21H17N5O/c1-26-14-22-13-19(26)16-8-9-18-17(11-16)12-20(25-24-18)23-21(27)10-7-15-5-3-2-4-6-15/h2-14H,1H3,(H,23,25,27)/b10-7+/i2D,3D,4D,5D,6D. The number of benzene rings is 2. The van der Waals surface area contributed by atoms with Gasteiger partial charge in [-0.05, 0) is 29.8 Å². The molecule has 0 saturated carbocycles. The number of amides is 1. The number of carbonyl (C=O) groups is 1. The van der Waals surface area contributed by atoms with Crippen LogP contribution in [0.1, 0.15) is 12.4 Å². The third kappa shape index (κ3) is 3.74. The number of anilines is 1. The smallest absolute Gasteiger partial charge is 0.249 e. The second-order valence-electron chi connectivity index (χ2n) is 5.75. The number of imidazole rings is 1. The van der Waals surface area contributed by atoms with Gasteiger partial charge < -0.3 is 9.88 Å². The van der Waals surface area contributed by atoms with Gasteiger partial charge in [0.05, 0.1) is 30.6 Å². The first kappa shape index (κ1) is 11.7. The summed E-state index contributed by atoms with van der Waals surface area (Å²) < 4.78 is 40.7. The Kier molecular flexibility index (Phi) is 3.14. The van der Waals surface area contributed by atoms with Crippen molar-refractivity contribution < 1.29 is 11.6 Å². The van der Waals surface area contributed by atoms with E-state index in [0.717, 1.165) is 22.7 Å². The molecule has 2 heterocycles. The van der Waals surface area contributed by atoms with Crippen molar-refractivity contribution in [1.82, 2.24) is 19.7 Å². The Morgan fingerprint density at radius 1 is 1.19 bits per heavy atom. The third-order valence-corrected chi connectivity index (χ3v) is 3.87. The Morgan fingerprint density at radius 2 is 2.04 bits per heavy atom. The molecule has 0 aliphatic carbocycles. The highest BCUT2D eigenvalue weighted by atomic mass is 16.1. The molecule has 2 aromatic heterocycles. The number of nitrogens with zero attached hydrogens (tertiary/aromatic N) is 4. The minimum Gasteiger partial charge on any atom is -0.334 e. The van der Waals surface area contributed by atoms with E-state index in [1.165, 1.54) is 6.08 Å². The van der Waals surface area contributed by atoms with Crippen LogP contribution in [0.5, 0.6) is 0 Å². The van der Waals surface area contributed by atoms with E-state index in [9.17, 15) is 4.79 Å². The van der Waals surface area contributed by atoms with Crippen LogP contribution < -0.4 is 5.32 Å². The summed E-state index contributed by atoms with van der Waals surface area (Å²) in [7, 11) is 1.89. The lowest BCUT2D eigenvalue weighted by Gasteiger charge is -2.06. The highest BCUT2D eigenvalue weighted by Gasteiger charge is 2.07. The predicted molar refractivity (Wildman–Crippen MR) is 106 cm³/mol. The van der Waals surface area contributed by atoms with Gasteiger partial charge in [0.1, 0.15) is 0 Å². The van der Waals surface area contributed by atoms with E-state index in [4.69, 9.17) is 6.85 Å². The van der Waals surface area contributed by atoms with Crippen molar-refractivity contribution in [2.45, 2.75) is 0 Å². The van der Waals surface area contributed by atoms with Crippen LogP contribution in [0.3, 0.4) is 0 Å². The molecule has 0 aliphatic rings. The molecular formula is C21H17N5O. The van der Waals surface area contributed by atoms with Gasteiger partial charge in [-0.15, -0.1) is 10.2 Å². The maximum absolute atomic E-state index is 12.3. The molecular weight excluding hydrogens is 338 g/mol. The first-order chi connectivity index (χ1) is 15.3. The average Bonchev–Trinajstić information content (AvgIpc) is 3.21. The van der Waals surface area contributed by atoms with E-state index in [1.807, 2.05) is 29.8 Å². The van der Waals surface area contributed by atoms with Crippen molar-refractivity contribution >= 4 is 28.7 Å². The Hall–Kier alpha value is -3.80. The highest BCUT2D eigenvalue weighted by Crippen LogP contribution is 2.23. The molecule has 6 nitrogen and oxygen atoms in total. The third-order valence-electron chi connectivity index (χ3n) is 3.87. The summed E-state index contributed by atoms with van der Waals surface area (Å²) in [6.07, 6.45) is 5.73. The first-order valence-electron chi connectivity index (χ1n) is 10.6. The summed E-state index contributed by atoms with van der Waals surface area (Å²) >= 11 is 0. The Labute approximate surface area is 163 Å². The number of nitrogens with one attached hydrogen (secondary N) is 1. The van der Waals surface area contributed by atoms with Crippen LogP contribution in [-0.4, -0.2) is 25.7 Å². The van der Waals surface area contributed by atoms with E-state index in [-0.39, 0.29) is 23.5 Å². The van der Waals surface area contributed by atoms with Crippen LogP contribution in [-0.2, 0) is 11.8 Å². The van der Waals surface area contributed by atoms with E-state index < -0.39 is 24.0 Å². The second kappa shape index (κ2) is 7.21. The summed E-state index contributed by atoms with van der Waals surface area (Å²) in [4.78, 5) is 16.5. The zero-order valence-electron chi connectivity index (χ0n) is 19.3. The number of aryl methyl sites for hydroxylation is 1. The molecule has 6 heteroatoms. The van der Waals surface area contributed by atoms with E-state index in [2.05, 4.69) is 20.5 Å². The van der Waals surface area contributed by atoms with Gasteiger partial charge in [-0.25, -0.2) is 4.98 Å². The summed E-state index contributed by atoms with van der Waals surface area (Å²) in [6, 6.07) is 5.16. The fourth-order valence-corrected chi connectivity index (χ4v) is 2.57. The zero-order valence-corrected chi connectivity index (χ0v) is 14.3. The van der Waals surface area contributed by atoms with Crippen LogP contribution in [0.4, 0.5) is 5.82 Å². The van der Waals surface area contributed by atoms with Gasteiger partial charge in [-0.1, -0.05) is 36.3 Å². The fraction of sp³-hybridized carbons (Fsp3) is 0.0476. The molecule has 0 bridgehead atoms. The van der Waals surface area contributed by atoms with Crippen LogP contribution in [0.25, 0.3) is 28.2 Å². The zero-order chi connectivity index (χ0) is 23.0. The largest absolute Gasteiger partial charge is 0.334 e. The van der Waals surface area contributed by atoms with Crippen molar-refractivity contribution in [2.24, 2.45) is 7.05 Å². The molecule has 132 valence electrons. The molecule has 0 atom stereocenters. The number of hydrogen-bond donors (Lipinski definition) is 1. The predicted octanol–water partition coefficient (Wildman–Crippen LogP) is 3.68. The normalized spacial score (nSPS) is 13.7. The molecule has 0 fully saturated rings. The topological polar surface area (TPSA) is 72.7 Å². The maximum Gasteiger partial charge on any atom is 0.249 e. The van der Waals surface area contributed by atoms with Gasteiger partial charge in [0, 0.05) is 24.1 Å². The minimum atomic E-state index is -0.576. The van der Waals surface area contributed by atoms with Gasteiger partial charge in [0.25, 0.3) is 0 Å². The Bertz CT molecular complexity index is 1370. The average molecular weight is 360 g/mol. The van der Waals surface area contributed by atoms with Crippen molar-refractivity contribution in [3.63, 3.8) is 0 Å². The fourth-order valence-electron chi connectivity index (χ4n) is 2.57. The summed E-state index contributed by atoms with van der Waals surface area (Å²) in [6.45, 7) is 0. The molecule has 0 aliphatic heterocycles. The van der Waals surface area contributed by atoms with Crippen molar-refractivity contribution in [1.29, 1.82) is 0 Å². The van der Waals surface area contributed by atoms with Crippen molar-refractivity contribution in [3.8, 4) is 11.3 Å². The van der Waals surface area contributed by atoms with Gasteiger partial charge in [-0.2, -0.15) is 0 Å². The number of fused-ring (bicyclic) bond motifs is 1. The van der Waals surface area contributed by atoms with Gasteiger partial charge in [0.2, 0.25) is 5.91 Å². The van der Waals surface area contributed by atoms with Crippen LogP contribution in [0.2, 0.25) is 0 Å². The molecule has 1 N–H and O–H groups in total. The lowest BCUT2D eigenvalue weighted by Crippen LogP contribution is -2.09. The lowest BCUT2D eigenvalue weighted by atomic mass is 10.1. The number of carbonyl (C=O) groups excluding carboxylic acids is 1. The van der Waals surface area contributed by atoms with E-state index in [0.29, 0.717) is 5.52 Å².